The van der Waals surface area contributed by atoms with Crippen LogP contribution in [0.3, 0.4) is 0 Å². The fourth-order valence-electron chi connectivity index (χ4n) is 2.78. The summed E-state index contributed by atoms with van der Waals surface area (Å²) in [5.74, 6) is 0. The number of alkyl halides is 2. The van der Waals surface area contributed by atoms with Crippen molar-refractivity contribution < 1.29 is 13.0 Å². The monoisotopic (exact) mass is 333 g/mol. The van der Waals surface area contributed by atoms with Crippen LogP contribution in [0.15, 0.2) is 29.2 Å². The zero-order valence-electron chi connectivity index (χ0n) is 12.2. The third kappa shape index (κ3) is 4.54. The highest BCUT2D eigenvalue weighted by atomic mass is 32.2. The molecule has 6 heteroatoms. The smallest absolute Gasteiger partial charge is 0.316 e. The number of halogens is 2. The van der Waals surface area contributed by atoms with Gasteiger partial charge >= 0.3 is 5.00 Å². The van der Waals surface area contributed by atoms with Crippen LogP contribution in [-0.2, 0) is 10.8 Å². The Morgan fingerprint density at radius 3 is 2.05 bits per heavy atom. The molecular formula is C15H22F2NOPS. The van der Waals surface area contributed by atoms with Crippen LogP contribution in [-0.4, -0.2) is 22.3 Å². The first kappa shape index (κ1) is 17.0. The molecule has 1 aromatic rings. The number of nitrogens with one attached hydrogen (secondary N) is 1. The minimum Gasteiger partial charge on any atom is -0.316 e. The second-order valence-corrected chi connectivity index (χ2v) is 8.65. The van der Waals surface area contributed by atoms with E-state index in [1.807, 2.05) is 6.92 Å². The van der Waals surface area contributed by atoms with Gasteiger partial charge in [-0.15, -0.1) is 0 Å². The Labute approximate surface area is 129 Å². The molecule has 1 aliphatic heterocycles. The molecule has 2 atom stereocenters. The molecule has 1 spiro atoms. The number of benzene rings is 1. The van der Waals surface area contributed by atoms with Gasteiger partial charge in [0.15, 0.2) is 0 Å². The molecule has 1 aromatic carbocycles. The van der Waals surface area contributed by atoms with Crippen LogP contribution in [0.5, 0.6) is 0 Å². The van der Waals surface area contributed by atoms with Gasteiger partial charge in [0.25, 0.3) is 0 Å². The molecule has 2 aliphatic rings. The van der Waals surface area contributed by atoms with Crippen LogP contribution < -0.4 is 5.32 Å². The van der Waals surface area contributed by atoms with E-state index in [4.69, 9.17) is 0 Å². The molecule has 1 aliphatic carbocycles. The van der Waals surface area contributed by atoms with Gasteiger partial charge in [0, 0.05) is 18.0 Å². The Balaban J connectivity index is 0.000000170. The minimum absolute atomic E-state index is 0.144. The molecule has 1 saturated heterocycles. The van der Waals surface area contributed by atoms with Gasteiger partial charge in [-0.1, -0.05) is 30.5 Å². The Morgan fingerprint density at radius 2 is 1.71 bits per heavy atom. The lowest BCUT2D eigenvalue weighted by Crippen LogP contribution is -2.51. The van der Waals surface area contributed by atoms with Gasteiger partial charge < -0.3 is 5.32 Å². The normalized spacial score (nSPS) is 21.3. The molecule has 21 heavy (non-hydrogen) atoms. The Kier molecular flexibility index (Phi) is 5.50. The molecule has 118 valence electrons. The quantitative estimate of drug-likeness (QED) is 0.837. The average Bonchev–Trinajstić information content (AvgIpc) is 2.88. The van der Waals surface area contributed by atoms with E-state index in [-0.39, 0.29) is 4.90 Å². The second-order valence-electron chi connectivity index (χ2n) is 5.95. The molecule has 0 bridgehead atoms. The first-order valence-electron chi connectivity index (χ1n) is 7.18. The summed E-state index contributed by atoms with van der Waals surface area (Å²) in [6.45, 7) is 4.46. The van der Waals surface area contributed by atoms with Crippen molar-refractivity contribution >= 4 is 20.0 Å². The van der Waals surface area contributed by atoms with Crippen LogP contribution in [0, 0.1) is 12.3 Å². The topological polar surface area (TPSA) is 29.1 Å². The van der Waals surface area contributed by atoms with E-state index in [2.05, 4.69) is 5.32 Å². The Bertz CT molecular complexity index is 489. The lowest BCUT2D eigenvalue weighted by molar-refractivity contribution is 0.178. The summed E-state index contributed by atoms with van der Waals surface area (Å²) in [5, 5.41) is 3.34. The highest BCUT2D eigenvalue weighted by Crippen LogP contribution is 2.40. The van der Waals surface area contributed by atoms with Gasteiger partial charge in [0.1, 0.15) is 10.8 Å². The maximum Gasteiger partial charge on any atom is 0.335 e. The third-order valence-corrected chi connectivity index (χ3v) is 5.98. The predicted octanol–water partition coefficient (Wildman–Crippen LogP) is 3.68. The van der Waals surface area contributed by atoms with Crippen molar-refractivity contribution in [1.82, 2.24) is 5.32 Å². The summed E-state index contributed by atoms with van der Waals surface area (Å²) in [6, 6.07) is 6.21. The molecule has 2 nitrogen and oxygen atoms in total. The van der Waals surface area contributed by atoms with E-state index < -0.39 is 15.8 Å². The van der Waals surface area contributed by atoms with Crippen LogP contribution >= 0.6 is 9.24 Å². The summed E-state index contributed by atoms with van der Waals surface area (Å²) in [6.07, 6.45) is 5.98. The van der Waals surface area contributed by atoms with Gasteiger partial charge in [0.2, 0.25) is 0 Å². The molecule has 1 saturated carbocycles. The minimum atomic E-state index is -3.25. The molecule has 2 unspecified atom stereocenters. The summed E-state index contributed by atoms with van der Waals surface area (Å²) < 4.78 is 36.2. The van der Waals surface area contributed by atoms with Gasteiger partial charge in [-0.25, -0.2) is 4.21 Å². The van der Waals surface area contributed by atoms with Crippen molar-refractivity contribution in [2.75, 3.05) is 13.1 Å². The van der Waals surface area contributed by atoms with E-state index in [0.29, 0.717) is 0 Å². The number of hydrogen-bond donors (Lipinski definition) is 1. The zero-order valence-corrected chi connectivity index (χ0v) is 14.2. The van der Waals surface area contributed by atoms with Crippen LogP contribution in [0.2, 0.25) is 0 Å². The maximum atomic E-state index is 12.6. The van der Waals surface area contributed by atoms with Crippen molar-refractivity contribution in [3.63, 3.8) is 0 Å². The molecule has 1 heterocycles. The molecule has 1 N–H and O–H groups in total. The van der Waals surface area contributed by atoms with Crippen LogP contribution in [0.25, 0.3) is 0 Å². The molecule has 2 fully saturated rings. The Hall–Kier alpha value is -0.380. The van der Waals surface area contributed by atoms with Crippen molar-refractivity contribution in [2.24, 2.45) is 5.41 Å². The van der Waals surface area contributed by atoms with E-state index in [9.17, 15) is 13.0 Å². The average molecular weight is 333 g/mol. The van der Waals surface area contributed by atoms with Gasteiger partial charge in [0.05, 0.1) is 0 Å². The van der Waals surface area contributed by atoms with Gasteiger partial charge in [-0.05, 0) is 46.6 Å². The standard InChI is InChI=1S/C8H9F2OPS.C7H13N/c1-6-2-4-7(5-3-6)13(11)8(9,10)12;1-2-4-7(3-1)5-8-6-7/h2-5H,12H2,1H3;8H,1-6H2. The second kappa shape index (κ2) is 6.80. The van der Waals surface area contributed by atoms with Crippen molar-refractivity contribution in [3.05, 3.63) is 29.8 Å². The SMILES string of the molecule is C1CCC2(C1)CNC2.Cc1ccc(S(=O)C(F)(F)P)cc1. The Morgan fingerprint density at radius 1 is 1.19 bits per heavy atom. The fraction of sp³-hybridized carbons (Fsp3) is 0.600. The summed E-state index contributed by atoms with van der Waals surface area (Å²) in [4.78, 5) is -3.11. The molecular weight excluding hydrogens is 311 g/mol. The van der Waals surface area contributed by atoms with E-state index in [1.165, 1.54) is 60.1 Å². The summed E-state index contributed by atoms with van der Waals surface area (Å²) >= 11 is 0. The summed E-state index contributed by atoms with van der Waals surface area (Å²) in [5.41, 5.74) is 1.76. The number of aryl methyl sites for hydroxylation is 1. The number of rotatable bonds is 2. The van der Waals surface area contributed by atoms with Gasteiger partial charge in [-0.2, -0.15) is 8.78 Å². The number of hydrogen-bond acceptors (Lipinski definition) is 2. The van der Waals surface area contributed by atoms with Gasteiger partial charge in [-0.3, -0.25) is 0 Å². The van der Waals surface area contributed by atoms with Crippen LogP contribution in [0.4, 0.5) is 8.78 Å². The van der Waals surface area contributed by atoms with Crippen molar-refractivity contribution in [3.8, 4) is 0 Å². The lowest BCUT2D eigenvalue weighted by Gasteiger charge is -2.39. The first-order valence-corrected chi connectivity index (χ1v) is 8.91. The fourth-order valence-corrected chi connectivity index (χ4v) is 3.88. The summed E-state index contributed by atoms with van der Waals surface area (Å²) in [7, 11) is -0.997. The lowest BCUT2D eigenvalue weighted by atomic mass is 9.80. The highest BCUT2D eigenvalue weighted by Gasteiger charge is 2.38. The molecule has 0 radical (unpaired) electrons. The molecule has 0 amide bonds. The van der Waals surface area contributed by atoms with Crippen molar-refractivity contribution in [1.29, 1.82) is 0 Å². The van der Waals surface area contributed by atoms with Crippen LogP contribution in [0.1, 0.15) is 31.2 Å². The molecule has 0 aromatic heterocycles. The van der Waals surface area contributed by atoms with E-state index in [0.717, 1.165) is 11.0 Å². The largest absolute Gasteiger partial charge is 0.335 e. The zero-order chi connectivity index (χ0) is 15.5. The molecule has 3 rings (SSSR count). The predicted molar refractivity (Wildman–Crippen MR) is 86.0 cm³/mol. The third-order valence-electron chi connectivity index (χ3n) is 4.15. The highest BCUT2D eigenvalue weighted by molar-refractivity contribution is 7.90. The van der Waals surface area contributed by atoms with E-state index in [1.54, 1.807) is 12.1 Å². The van der Waals surface area contributed by atoms with E-state index >= 15 is 0 Å². The van der Waals surface area contributed by atoms with Crippen molar-refractivity contribution in [2.45, 2.75) is 42.5 Å². The maximum absolute atomic E-state index is 12.6. The first-order chi connectivity index (χ1) is 9.82.